The van der Waals surface area contributed by atoms with Gasteiger partial charge in [-0.15, -0.1) is 0 Å². The maximum Gasteiger partial charge on any atom is 0.319 e. The highest BCUT2D eigenvalue weighted by molar-refractivity contribution is 6.35. The summed E-state index contributed by atoms with van der Waals surface area (Å²) in [4.78, 5) is 15.7. The molecule has 7 nitrogen and oxygen atoms in total. The van der Waals surface area contributed by atoms with Crippen LogP contribution in [0.15, 0.2) is 42.5 Å². The molecule has 0 radical (unpaired) electrons. The largest absolute Gasteiger partial charge is 0.508 e. The van der Waals surface area contributed by atoms with Gasteiger partial charge in [-0.3, -0.25) is 0 Å². The number of ether oxygens (including phenoxy) is 1. The van der Waals surface area contributed by atoms with Crippen molar-refractivity contribution in [2.45, 2.75) is 6.42 Å². The molecule has 1 aromatic heterocycles. The van der Waals surface area contributed by atoms with Gasteiger partial charge >= 0.3 is 6.01 Å². The number of hydrogen-bond donors (Lipinski definition) is 1. The summed E-state index contributed by atoms with van der Waals surface area (Å²) >= 11 is 6.76. The summed E-state index contributed by atoms with van der Waals surface area (Å²) in [6.45, 7) is 4.52. The highest BCUT2D eigenvalue weighted by Gasteiger charge is 2.25. The Labute approximate surface area is 221 Å². The Kier molecular flexibility index (Phi) is 7.33. The predicted octanol–water partition coefficient (Wildman–Crippen LogP) is 5.03. The van der Waals surface area contributed by atoms with E-state index in [9.17, 15) is 5.11 Å². The Balaban J connectivity index is 1.66. The van der Waals surface area contributed by atoms with Gasteiger partial charge in [0.25, 0.3) is 0 Å². The minimum Gasteiger partial charge on any atom is -0.508 e. The number of piperazine rings is 1. The summed E-state index contributed by atoms with van der Waals surface area (Å²) < 4.78 is 22.3. The molecule has 0 atom stereocenters. The summed E-state index contributed by atoms with van der Waals surface area (Å²) in [5.74, 6) is 0.0954. The molecular weight excluding hydrogens is 493 g/mol. The van der Waals surface area contributed by atoms with Gasteiger partial charge in [-0.1, -0.05) is 35.9 Å². The molecular formula is C28H31ClFN5O2. The maximum atomic E-state index is 16.4. The Morgan fingerprint density at radius 1 is 1.05 bits per heavy atom. The smallest absolute Gasteiger partial charge is 0.319 e. The lowest BCUT2D eigenvalue weighted by molar-refractivity contribution is 0.264. The molecule has 5 rings (SSSR count). The standard InChI is InChI=1S/C28H31ClFN5O2/c1-33(2)9-6-14-37-28-31-26-22(27(32-28)35-12-10-34(3)11-13-35)17-23(29)24(25(26)30)21-16-19(36)15-18-7-4-5-8-20(18)21/h4-5,7-8,15-17,36H,6,9-14H2,1-3H3. The van der Waals surface area contributed by atoms with Gasteiger partial charge in [0.2, 0.25) is 0 Å². The maximum absolute atomic E-state index is 16.4. The van der Waals surface area contributed by atoms with Gasteiger partial charge in [0, 0.05) is 43.7 Å². The van der Waals surface area contributed by atoms with E-state index in [0.717, 1.165) is 49.9 Å². The molecule has 9 heteroatoms. The molecule has 1 aliphatic rings. The lowest BCUT2D eigenvalue weighted by Crippen LogP contribution is -2.45. The third-order valence-corrected chi connectivity index (χ3v) is 7.04. The van der Waals surface area contributed by atoms with E-state index in [1.54, 1.807) is 18.2 Å². The summed E-state index contributed by atoms with van der Waals surface area (Å²) in [6.07, 6.45) is 0.794. The van der Waals surface area contributed by atoms with Crippen LogP contribution in [0.25, 0.3) is 32.8 Å². The Bertz CT molecular complexity index is 1440. The number of hydrogen-bond acceptors (Lipinski definition) is 7. The zero-order valence-electron chi connectivity index (χ0n) is 21.3. The van der Waals surface area contributed by atoms with Gasteiger partial charge in [0.05, 0.1) is 11.6 Å². The van der Waals surface area contributed by atoms with Gasteiger partial charge in [0.15, 0.2) is 5.82 Å². The van der Waals surface area contributed by atoms with Gasteiger partial charge in [-0.25, -0.2) is 4.39 Å². The topological polar surface area (TPSA) is 65.0 Å². The van der Waals surface area contributed by atoms with Crippen LogP contribution < -0.4 is 9.64 Å². The molecule has 0 bridgehead atoms. The van der Waals surface area contributed by atoms with Crippen molar-refractivity contribution in [3.05, 3.63) is 53.3 Å². The molecule has 4 aromatic rings. The van der Waals surface area contributed by atoms with Crippen molar-refractivity contribution in [3.8, 4) is 22.9 Å². The number of benzene rings is 3. The number of halogens is 2. The van der Waals surface area contributed by atoms with Crippen LogP contribution in [0.3, 0.4) is 0 Å². The summed E-state index contributed by atoms with van der Waals surface area (Å²) in [5.41, 5.74) is 0.856. The number of likely N-dealkylation sites (N-methyl/N-ethyl adjacent to an activating group) is 1. The SMILES string of the molecule is CN(C)CCCOc1nc(N2CCN(C)CC2)c2cc(Cl)c(-c3cc(O)cc4ccccc34)c(F)c2n1. The van der Waals surface area contributed by atoms with Gasteiger partial charge in [-0.05, 0) is 62.1 Å². The van der Waals surface area contributed by atoms with Crippen LogP contribution in [0.4, 0.5) is 10.2 Å². The second-order valence-electron chi connectivity index (χ2n) is 9.78. The third-order valence-electron chi connectivity index (χ3n) is 6.74. The molecule has 0 saturated carbocycles. The van der Waals surface area contributed by atoms with E-state index in [1.165, 1.54) is 0 Å². The van der Waals surface area contributed by atoms with Gasteiger partial charge < -0.3 is 24.5 Å². The first kappa shape index (κ1) is 25.4. The van der Waals surface area contributed by atoms with E-state index in [0.29, 0.717) is 23.4 Å². The Morgan fingerprint density at radius 3 is 2.57 bits per heavy atom. The zero-order chi connectivity index (χ0) is 26.1. The van der Waals surface area contributed by atoms with Crippen molar-refractivity contribution in [1.29, 1.82) is 0 Å². The average Bonchev–Trinajstić information content (AvgIpc) is 2.87. The molecule has 1 fully saturated rings. The molecule has 0 aliphatic carbocycles. The van der Waals surface area contributed by atoms with Gasteiger partial charge in [0.1, 0.15) is 17.1 Å². The fourth-order valence-electron chi connectivity index (χ4n) is 4.78. The highest BCUT2D eigenvalue weighted by Crippen LogP contribution is 2.42. The molecule has 194 valence electrons. The summed E-state index contributed by atoms with van der Waals surface area (Å²) in [7, 11) is 6.09. The van der Waals surface area contributed by atoms with Crippen LogP contribution in [-0.2, 0) is 0 Å². The number of aromatic nitrogens is 2. The average molecular weight is 524 g/mol. The number of rotatable bonds is 7. The minimum atomic E-state index is -0.561. The van der Waals surface area contributed by atoms with E-state index < -0.39 is 5.82 Å². The van der Waals surface area contributed by atoms with Crippen LogP contribution in [0.5, 0.6) is 11.8 Å². The zero-order valence-corrected chi connectivity index (χ0v) is 22.1. The van der Waals surface area contributed by atoms with Crippen LogP contribution in [0, 0.1) is 5.82 Å². The first-order chi connectivity index (χ1) is 17.8. The van der Waals surface area contributed by atoms with Crippen molar-refractivity contribution < 1.29 is 14.2 Å². The van der Waals surface area contributed by atoms with Crippen molar-refractivity contribution in [2.24, 2.45) is 0 Å². The lowest BCUT2D eigenvalue weighted by Gasteiger charge is -2.33. The predicted molar refractivity (Wildman–Crippen MR) is 147 cm³/mol. The molecule has 2 heterocycles. The first-order valence-electron chi connectivity index (χ1n) is 12.4. The molecule has 37 heavy (non-hydrogen) atoms. The van der Waals surface area contributed by atoms with E-state index in [4.69, 9.17) is 21.3 Å². The molecule has 1 saturated heterocycles. The van der Waals surface area contributed by atoms with E-state index in [1.807, 2.05) is 38.4 Å². The molecule has 0 amide bonds. The number of phenols is 1. The second-order valence-corrected chi connectivity index (χ2v) is 10.2. The van der Waals surface area contributed by atoms with Crippen LogP contribution >= 0.6 is 11.6 Å². The minimum absolute atomic E-state index is 0.0370. The van der Waals surface area contributed by atoms with Crippen molar-refractivity contribution in [1.82, 2.24) is 19.8 Å². The van der Waals surface area contributed by atoms with Gasteiger partial charge in [-0.2, -0.15) is 9.97 Å². The third kappa shape index (κ3) is 5.28. The molecule has 1 aliphatic heterocycles. The van der Waals surface area contributed by atoms with Crippen LogP contribution in [-0.4, -0.2) is 85.3 Å². The molecule has 3 aromatic carbocycles. The van der Waals surface area contributed by atoms with Crippen molar-refractivity contribution in [3.63, 3.8) is 0 Å². The fourth-order valence-corrected chi connectivity index (χ4v) is 5.07. The van der Waals surface area contributed by atoms with Crippen LogP contribution in [0.1, 0.15) is 6.42 Å². The number of fused-ring (bicyclic) bond motifs is 2. The van der Waals surface area contributed by atoms with E-state index in [-0.39, 0.29) is 27.9 Å². The summed E-state index contributed by atoms with van der Waals surface area (Å²) in [5, 5.41) is 12.7. The van der Waals surface area contributed by atoms with Crippen molar-refractivity contribution in [2.75, 3.05) is 65.4 Å². The molecule has 0 spiro atoms. The van der Waals surface area contributed by atoms with E-state index in [2.05, 4.69) is 26.7 Å². The normalized spacial score (nSPS) is 14.7. The number of nitrogens with zero attached hydrogens (tertiary/aromatic N) is 5. The summed E-state index contributed by atoms with van der Waals surface area (Å²) in [6, 6.07) is 12.6. The first-order valence-corrected chi connectivity index (χ1v) is 12.8. The monoisotopic (exact) mass is 523 g/mol. The number of phenolic OH excluding ortho intramolecular Hbond substituents is 1. The fraction of sp³-hybridized carbons (Fsp3) is 0.357. The van der Waals surface area contributed by atoms with Crippen molar-refractivity contribution >= 4 is 39.1 Å². The van der Waals surface area contributed by atoms with Crippen LogP contribution in [0.2, 0.25) is 5.02 Å². The Morgan fingerprint density at radius 2 is 1.81 bits per heavy atom. The lowest BCUT2D eigenvalue weighted by atomic mass is 9.96. The quantitative estimate of drug-likeness (QED) is 0.341. The number of aromatic hydroxyl groups is 1. The second kappa shape index (κ2) is 10.7. The van der Waals surface area contributed by atoms with E-state index >= 15 is 4.39 Å². The highest BCUT2D eigenvalue weighted by atomic mass is 35.5. The molecule has 1 N–H and O–H groups in total. The molecule has 0 unspecified atom stereocenters. The Hall–Kier alpha value is -3.20. The number of anilines is 1.